The molecule has 5 heteroatoms. The van der Waals surface area contributed by atoms with Crippen molar-refractivity contribution >= 4 is 11.6 Å². The number of hydrogen-bond donors (Lipinski definition) is 0. The summed E-state index contributed by atoms with van der Waals surface area (Å²) >= 11 is 0. The number of aryl methyl sites for hydroxylation is 2. The van der Waals surface area contributed by atoms with Crippen molar-refractivity contribution in [3.8, 4) is 0 Å². The highest BCUT2D eigenvalue weighted by Gasteiger charge is 2.29. The van der Waals surface area contributed by atoms with Crippen molar-refractivity contribution in [3.63, 3.8) is 0 Å². The van der Waals surface area contributed by atoms with Crippen molar-refractivity contribution in [1.29, 1.82) is 0 Å². The second kappa shape index (κ2) is 7.53. The number of nitrogens with zero attached hydrogens (tertiary/aromatic N) is 3. The van der Waals surface area contributed by atoms with E-state index in [0.29, 0.717) is 13.2 Å². The Balaban J connectivity index is 1.55. The maximum atomic E-state index is 12.6. The highest BCUT2D eigenvalue weighted by molar-refractivity contribution is 5.81. The van der Waals surface area contributed by atoms with Gasteiger partial charge in [-0.25, -0.2) is 0 Å². The van der Waals surface area contributed by atoms with E-state index >= 15 is 0 Å². The first kappa shape index (κ1) is 17.2. The molecule has 24 heavy (non-hydrogen) atoms. The fourth-order valence-electron chi connectivity index (χ4n) is 3.49. The Labute approximate surface area is 145 Å². The number of ether oxygens (including phenoxy) is 1. The van der Waals surface area contributed by atoms with E-state index in [2.05, 4.69) is 41.8 Å². The van der Waals surface area contributed by atoms with E-state index in [1.54, 1.807) is 0 Å². The molecule has 1 amide bonds. The van der Waals surface area contributed by atoms with Gasteiger partial charge in [-0.05, 0) is 44.0 Å². The van der Waals surface area contributed by atoms with Crippen LogP contribution in [0.4, 0.5) is 5.69 Å². The third-order valence-corrected chi connectivity index (χ3v) is 5.40. The molecule has 132 valence electrons. The van der Waals surface area contributed by atoms with Crippen molar-refractivity contribution in [1.82, 2.24) is 9.80 Å². The molecule has 1 aromatic carbocycles. The minimum absolute atomic E-state index is 0.0370. The van der Waals surface area contributed by atoms with E-state index < -0.39 is 0 Å². The lowest BCUT2D eigenvalue weighted by Crippen LogP contribution is -2.56. The quantitative estimate of drug-likeness (QED) is 0.844. The van der Waals surface area contributed by atoms with Crippen LogP contribution in [-0.2, 0) is 9.53 Å². The van der Waals surface area contributed by atoms with E-state index in [-0.39, 0.29) is 11.9 Å². The van der Waals surface area contributed by atoms with Gasteiger partial charge in [-0.15, -0.1) is 0 Å². The topological polar surface area (TPSA) is 36.0 Å². The molecule has 2 heterocycles. The molecule has 5 nitrogen and oxygen atoms in total. The lowest BCUT2D eigenvalue weighted by atomic mass is 10.1. The molecule has 3 rings (SSSR count). The molecular formula is C19H29N3O2. The predicted molar refractivity (Wildman–Crippen MR) is 96.6 cm³/mol. The standard InChI is InChI=1S/C19H29N3O2/c1-15-4-5-18(14-16(15)2)21-8-6-20(7-9-21)17(3)19(23)22-10-12-24-13-11-22/h4-5,14,17H,6-13H2,1-3H3/t17-/m0/s1. The summed E-state index contributed by atoms with van der Waals surface area (Å²) in [5, 5.41) is 0. The molecule has 2 aliphatic heterocycles. The summed E-state index contributed by atoms with van der Waals surface area (Å²) in [6.07, 6.45) is 0. The molecule has 0 aromatic heterocycles. The molecule has 0 N–H and O–H groups in total. The van der Waals surface area contributed by atoms with Crippen LogP contribution in [0.25, 0.3) is 0 Å². The van der Waals surface area contributed by atoms with Gasteiger partial charge in [0.1, 0.15) is 0 Å². The van der Waals surface area contributed by atoms with Crippen LogP contribution in [0.15, 0.2) is 18.2 Å². The van der Waals surface area contributed by atoms with E-state index in [1.165, 1.54) is 16.8 Å². The van der Waals surface area contributed by atoms with E-state index in [9.17, 15) is 4.79 Å². The summed E-state index contributed by atoms with van der Waals surface area (Å²) in [5.41, 5.74) is 3.97. The Bertz CT molecular complexity index is 576. The summed E-state index contributed by atoms with van der Waals surface area (Å²) in [5.74, 6) is 0.248. The maximum absolute atomic E-state index is 12.6. The smallest absolute Gasteiger partial charge is 0.239 e. The number of anilines is 1. The van der Waals surface area contributed by atoms with Gasteiger partial charge in [-0.3, -0.25) is 9.69 Å². The fraction of sp³-hybridized carbons (Fsp3) is 0.632. The van der Waals surface area contributed by atoms with Gasteiger partial charge in [-0.2, -0.15) is 0 Å². The second-order valence-electron chi connectivity index (χ2n) is 6.91. The largest absolute Gasteiger partial charge is 0.378 e. The normalized spacial score (nSPS) is 21.0. The predicted octanol–water partition coefficient (Wildman–Crippen LogP) is 1.67. The third-order valence-electron chi connectivity index (χ3n) is 5.40. The molecule has 2 saturated heterocycles. The van der Waals surface area contributed by atoms with Crippen LogP contribution in [-0.4, -0.2) is 74.2 Å². The molecule has 0 radical (unpaired) electrons. The molecule has 2 aliphatic rings. The van der Waals surface area contributed by atoms with Crippen LogP contribution in [0, 0.1) is 13.8 Å². The molecule has 0 unspecified atom stereocenters. The molecule has 2 fully saturated rings. The van der Waals surface area contributed by atoms with Gasteiger partial charge in [0.25, 0.3) is 0 Å². The van der Waals surface area contributed by atoms with Gasteiger partial charge in [0.2, 0.25) is 5.91 Å². The van der Waals surface area contributed by atoms with Crippen molar-refractivity contribution in [2.45, 2.75) is 26.8 Å². The zero-order chi connectivity index (χ0) is 17.1. The molecule has 0 bridgehead atoms. The average molecular weight is 331 g/mol. The number of rotatable bonds is 3. The van der Waals surface area contributed by atoms with Gasteiger partial charge in [0.15, 0.2) is 0 Å². The Morgan fingerprint density at radius 1 is 1.00 bits per heavy atom. The van der Waals surface area contributed by atoms with E-state index in [4.69, 9.17) is 4.74 Å². The Morgan fingerprint density at radius 3 is 2.29 bits per heavy atom. The summed E-state index contributed by atoms with van der Waals surface area (Å²) in [6, 6.07) is 6.64. The minimum Gasteiger partial charge on any atom is -0.378 e. The highest BCUT2D eigenvalue weighted by Crippen LogP contribution is 2.21. The van der Waals surface area contributed by atoms with Crippen LogP contribution < -0.4 is 4.90 Å². The Morgan fingerprint density at radius 2 is 1.67 bits per heavy atom. The summed E-state index contributed by atoms with van der Waals surface area (Å²) in [7, 11) is 0. The second-order valence-corrected chi connectivity index (χ2v) is 6.91. The molecule has 1 atom stereocenters. The summed E-state index contributed by atoms with van der Waals surface area (Å²) < 4.78 is 5.34. The van der Waals surface area contributed by atoms with Crippen molar-refractivity contribution in [2.75, 3.05) is 57.4 Å². The van der Waals surface area contributed by atoms with Crippen LogP contribution >= 0.6 is 0 Å². The lowest BCUT2D eigenvalue weighted by Gasteiger charge is -2.40. The Kier molecular flexibility index (Phi) is 5.41. The van der Waals surface area contributed by atoms with Crippen LogP contribution in [0.1, 0.15) is 18.1 Å². The molecule has 1 aromatic rings. The van der Waals surface area contributed by atoms with E-state index in [0.717, 1.165) is 39.3 Å². The van der Waals surface area contributed by atoms with Crippen LogP contribution in [0.2, 0.25) is 0 Å². The van der Waals surface area contributed by atoms with Gasteiger partial charge >= 0.3 is 0 Å². The van der Waals surface area contributed by atoms with E-state index in [1.807, 2.05) is 11.8 Å². The SMILES string of the molecule is Cc1ccc(N2CCN([C@@H](C)C(=O)N3CCOCC3)CC2)cc1C. The van der Waals surface area contributed by atoms with Crippen molar-refractivity contribution in [2.24, 2.45) is 0 Å². The summed E-state index contributed by atoms with van der Waals surface area (Å²) in [4.78, 5) is 19.3. The minimum atomic E-state index is -0.0370. The van der Waals surface area contributed by atoms with Gasteiger partial charge in [-0.1, -0.05) is 6.07 Å². The highest BCUT2D eigenvalue weighted by atomic mass is 16.5. The number of carbonyl (C=O) groups excluding carboxylic acids is 1. The number of benzene rings is 1. The van der Waals surface area contributed by atoms with Crippen LogP contribution in [0.3, 0.4) is 0 Å². The number of morpholine rings is 1. The first-order valence-corrected chi connectivity index (χ1v) is 8.99. The van der Waals surface area contributed by atoms with Crippen molar-refractivity contribution in [3.05, 3.63) is 29.3 Å². The zero-order valence-corrected chi connectivity index (χ0v) is 15.1. The summed E-state index contributed by atoms with van der Waals surface area (Å²) in [6.45, 7) is 13.0. The first-order chi connectivity index (χ1) is 11.6. The van der Waals surface area contributed by atoms with Gasteiger partial charge in [0, 0.05) is 45.0 Å². The van der Waals surface area contributed by atoms with Crippen molar-refractivity contribution < 1.29 is 9.53 Å². The Hall–Kier alpha value is -1.59. The van der Waals surface area contributed by atoms with Gasteiger partial charge in [0.05, 0.1) is 19.3 Å². The van der Waals surface area contributed by atoms with Crippen LogP contribution in [0.5, 0.6) is 0 Å². The van der Waals surface area contributed by atoms with Gasteiger partial charge < -0.3 is 14.5 Å². The average Bonchev–Trinajstić information content (AvgIpc) is 2.63. The first-order valence-electron chi connectivity index (χ1n) is 8.99. The third kappa shape index (κ3) is 3.73. The number of piperazine rings is 1. The number of carbonyl (C=O) groups is 1. The number of hydrogen-bond acceptors (Lipinski definition) is 4. The molecule has 0 saturated carbocycles. The molecule has 0 spiro atoms. The lowest BCUT2D eigenvalue weighted by molar-refractivity contribution is -0.140. The monoisotopic (exact) mass is 331 g/mol. The number of amides is 1. The molecule has 0 aliphatic carbocycles. The molecular weight excluding hydrogens is 302 g/mol. The fourth-order valence-corrected chi connectivity index (χ4v) is 3.49. The zero-order valence-electron chi connectivity index (χ0n) is 15.1. The maximum Gasteiger partial charge on any atom is 0.239 e.